The van der Waals surface area contributed by atoms with Crippen LogP contribution in [-0.4, -0.2) is 22.1 Å². The summed E-state index contributed by atoms with van der Waals surface area (Å²) < 4.78 is 5.84. The van der Waals surface area contributed by atoms with Gasteiger partial charge in [0.1, 0.15) is 0 Å². The fourth-order valence-electron chi connectivity index (χ4n) is 1.33. The molecule has 0 bridgehead atoms. The Morgan fingerprint density at radius 1 is 1.28 bits per heavy atom. The zero-order chi connectivity index (χ0) is 13.1. The number of aromatic nitrogens is 3. The molecule has 5 nitrogen and oxygen atoms in total. The minimum absolute atomic E-state index is 0.0770. The molecule has 0 saturated carbocycles. The van der Waals surface area contributed by atoms with Gasteiger partial charge in [0.25, 0.3) is 0 Å². The molecule has 0 aliphatic carbocycles. The quantitative estimate of drug-likeness (QED) is 0.936. The van der Waals surface area contributed by atoms with Crippen LogP contribution in [0.15, 0.2) is 22.7 Å². The number of nitrogens with zero attached hydrogens (tertiary/aromatic N) is 3. The summed E-state index contributed by atoms with van der Waals surface area (Å²) in [4.78, 5) is 11.8. The van der Waals surface area contributed by atoms with E-state index in [1.165, 1.54) is 7.11 Å². The SMILES string of the molecule is COc1nc(Cl)nc(Nc2cc(C)ccc2Br)n1. The summed E-state index contributed by atoms with van der Waals surface area (Å²) >= 11 is 9.22. The standard InChI is InChI=1S/C11H10BrClN4O/c1-6-3-4-7(12)8(5-6)14-10-15-9(13)16-11(17-10)18-2/h3-5H,1-2H3,(H,14,15,16,17). The maximum atomic E-state index is 5.77. The first-order chi connectivity index (χ1) is 8.58. The predicted octanol–water partition coefficient (Wildman–Crippen LogP) is 3.35. The van der Waals surface area contributed by atoms with Crippen molar-refractivity contribution in [2.24, 2.45) is 0 Å². The van der Waals surface area contributed by atoms with Gasteiger partial charge in [-0.15, -0.1) is 0 Å². The molecule has 0 fully saturated rings. The summed E-state index contributed by atoms with van der Waals surface area (Å²) in [5.41, 5.74) is 1.96. The number of aryl methyl sites for hydroxylation is 1. The smallest absolute Gasteiger partial charge is 0.322 e. The Morgan fingerprint density at radius 3 is 2.78 bits per heavy atom. The Kier molecular flexibility index (Phi) is 3.98. The van der Waals surface area contributed by atoms with Gasteiger partial charge in [0.05, 0.1) is 12.8 Å². The minimum atomic E-state index is 0.0770. The van der Waals surface area contributed by atoms with Crippen LogP contribution >= 0.6 is 27.5 Å². The third-order valence-electron chi connectivity index (χ3n) is 2.14. The average Bonchev–Trinajstić information content (AvgIpc) is 2.33. The average molecular weight is 330 g/mol. The lowest BCUT2D eigenvalue weighted by Crippen LogP contribution is -2.02. The lowest BCUT2D eigenvalue weighted by molar-refractivity contribution is 0.379. The molecular weight excluding hydrogens is 320 g/mol. The molecule has 0 saturated heterocycles. The van der Waals surface area contributed by atoms with Crippen LogP contribution in [0, 0.1) is 6.92 Å². The van der Waals surface area contributed by atoms with Gasteiger partial charge in [-0.05, 0) is 52.2 Å². The minimum Gasteiger partial charge on any atom is -0.467 e. The van der Waals surface area contributed by atoms with E-state index < -0.39 is 0 Å². The predicted molar refractivity (Wildman–Crippen MR) is 73.6 cm³/mol. The summed E-state index contributed by atoms with van der Waals surface area (Å²) in [6.07, 6.45) is 0. The second-order valence-electron chi connectivity index (χ2n) is 3.52. The van der Waals surface area contributed by atoms with Gasteiger partial charge >= 0.3 is 6.01 Å². The molecule has 0 radical (unpaired) electrons. The normalized spacial score (nSPS) is 10.2. The van der Waals surface area contributed by atoms with Crippen molar-refractivity contribution in [2.45, 2.75) is 6.92 Å². The molecule has 7 heteroatoms. The molecular formula is C11H10BrClN4O. The lowest BCUT2D eigenvalue weighted by Gasteiger charge is -2.08. The van der Waals surface area contributed by atoms with Gasteiger partial charge in [-0.25, -0.2) is 0 Å². The van der Waals surface area contributed by atoms with E-state index in [1.54, 1.807) is 0 Å². The molecule has 1 heterocycles. The van der Waals surface area contributed by atoms with Gasteiger partial charge in [-0.1, -0.05) is 6.07 Å². The molecule has 94 valence electrons. The molecule has 0 aliphatic rings. The van der Waals surface area contributed by atoms with Gasteiger partial charge in [0.2, 0.25) is 11.2 Å². The van der Waals surface area contributed by atoms with E-state index in [2.05, 4.69) is 36.2 Å². The highest BCUT2D eigenvalue weighted by atomic mass is 79.9. The number of rotatable bonds is 3. The van der Waals surface area contributed by atoms with Crippen LogP contribution in [0.25, 0.3) is 0 Å². The highest BCUT2D eigenvalue weighted by Crippen LogP contribution is 2.26. The zero-order valence-electron chi connectivity index (χ0n) is 9.74. The van der Waals surface area contributed by atoms with E-state index in [-0.39, 0.29) is 11.3 Å². The molecule has 18 heavy (non-hydrogen) atoms. The van der Waals surface area contributed by atoms with E-state index in [4.69, 9.17) is 16.3 Å². The van der Waals surface area contributed by atoms with Crippen molar-refractivity contribution in [2.75, 3.05) is 12.4 Å². The summed E-state index contributed by atoms with van der Waals surface area (Å²) in [5, 5.41) is 3.13. The number of hydrogen-bond donors (Lipinski definition) is 1. The largest absolute Gasteiger partial charge is 0.467 e. The number of halogens is 2. The second-order valence-corrected chi connectivity index (χ2v) is 4.72. The van der Waals surface area contributed by atoms with Crippen LogP contribution in [0.5, 0.6) is 6.01 Å². The number of benzene rings is 1. The topological polar surface area (TPSA) is 59.9 Å². The van der Waals surface area contributed by atoms with Gasteiger partial charge in [0.15, 0.2) is 0 Å². The van der Waals surface area contributed by atoms with Gasteiger partial charge in [-0.3, -0.25) is 0 Å². The van der Waals surface area contributed by atoms with Crippen LogP contribution in [0.2, 0.25) is 5.28 Å². The van der Waals surface area contributed by atoms with Crippen LogP contribution < -0.4 is 10.1 Å². The van der Waals surface area contributed by atoms with E-state index in [9.17, 15) is 0 Å². The molecule has 2 aromatic rings. The van der Waals surface area contributed by atoms with Crippen molar-refractivity contribution in [1.29, 1.82) is 0 Å². The number of nitrogens with one attached hydrogen (secondary N) is 1. The summed E-state index contributed by atoms with van der Waals surface area (Å²) in [7, 11) is 1.47. The van der Waals surface area contributed by atoms with Crippen LogP contribution in [0.1, 0.15) is 5.56 Å². The molecule has 0 amide bonds. The Bertz CT molecular complexity index is 579. The highest BCUT2D eigenvalue weighted by Gasteiger charge is 2.07. The summed E-state index contributed by atoms with van der Waals surface area (Å²) in [5.74, 6) is 0.332. The fraction of sp³-hybridized carbons (Fsp3) is 0.182. The van der Waals surface area contributed by atoms with E-state index >= 15 is 0 Å². The van der Waals surface area contributed by atoms with Crippen molar-refractivity contribution < 1.29 is 4.74 Å². The number of methoxy groups -OCH3 is 1. The first kappa shape index (κ1) is 13.0. The number of anilines is 2. The monoisotopic (exact) mass is 328 g/mol. The zero-order valence-corrected chi connectivity index (χ0v) is 12.1. The summed E-state index contributed by atoms with van der Waals surface area (Å²) in [6, 6.07) is 6.07. The number of hydrogen-bond acceptors (Lipinski definition) is 5. The Labute approximate surface area is 118 Å². The molecule has 1 aromatic heterocycles. The van der Waals surface area contributed by atoms with E-state index in [0.29, 0.717) is 5.95 Å². The lowest BCUT2D eigenvalue weighted by atomic mass is 10.2. The van der Waals surface area contributed by atoms with E-state index in [1.807, 2.05) is 25.1 Å². The Morgan fingerprint density at radius 2 is 2.06 bits per heavy atom. The number of ether oxygens (including phenoxy) is 1. The highest BCUT2D eigenvalue weighted by molar-refractivity contribution is 9.10. The first-order valence-corrected chi connectivity index (χ1v) is 6.24. The first-order valence-electron chi connectivity index (χ1n) is 5.07. The van der Waals surface area contributed by atoms with Gasteiger partial charge < -0.3 is 10.1 Å². The Hall–Kier alpha value is -1.40. The fourth-order valence-corrected chi connectivity index (χ4v) is 1.83. The van der Waals surface area contributed by atoms with Gasteiger partial charge in [-0.2, -0.15) is 15.0 Å². The molecule has 0 unspecified atom stereocenters. The van der Waals surface area contributed by atoms with Crippen molar-refractivity contribution in [1.82, 2.24) is 15.0 Å². The van der Waals surface area contributed by atoms with Crippen molar-refractivity contribution in [3.8, 4) is 6.01 Å². The maximum Gasteiger partial charge on any atom is 0.322 e. The summed E-state index contributed by atoms with van der Waals surface area (Å²) in [6.45, 7) is 2.00. The molecule has 2 rings (SSSR count). The molecule has 0 spiro atoms. The van der Waals surface area contributed by atoms with Crippen molar-refractivity contribution >= 4 is 39.2 Å². The van der Waals surface area contributed by atoms with Crippen LogP contribution in [-0.2, 0) is 0 Å². The van der Waals surface area contributed by atoms with Crippen molar-refractivity contribution in [3.63, 3.8) is 0 Å². The third-order valence-corrected chi connectivity index (χ3v) is 3.00. The van der Waals surface area contributed by atoms with Gasteiger partial charge in [0, 0.05) is 4.47 Å². The van der Waals surface area contributed by atoms with Crippen LogP contribution in [0.4, 0.5) is 11.6 Å². The maximum absolute atomic E-state index is 5.77. The van der Waals surface area contributed by atoms with Crippen LogP contribution in [0.3, 0.4) is 0 Å². The Balaban J connectivity index is 2.33. The van der Waals surface area contributed by atoms with E-state index in [0.717, 1.165) is 15.7 Å². The molecule has 0 atom stereocenters. The van der Waals surface area contributed by atoms with Crippen molar-refractivity contribution in [3.05, 3.63) is 33.5 Å². The molecule has 0 aliphatic heterocycles. The third kappa shape index (κ3) is 3.08. The molecule has 1 N–H and O–H groups in total. The second kappa shape index (κ2) is 5.49. The molecule has 1 aromatic carbocycles.